The number of hydrogen-bond donors (Lipinski definition) is 2. The molecule has 3 atom stereocenters. The molecule has 1 heterocycles. The van der Waals surface area contributed by atoms with Crippen molar-refractivity contribution in [3.8, 4) is 0 Å². The Morgan fingerprint density at radius 3 is 2.71 bits per heavy atom. The largest absolute Gasteiger partial charge is 0.458 e. The van der Waals surface area contributed by atoms with Crippen LogP contribution in [-0.4, -0.2) is 47.4 Å². The molecule has 98 valence electrons. The van der Waals surface area contributed by atoms with Crippen LogP contribution in [0.3, 0.4) is 0 Å². The van der Waals surface area contributed by atoms with E-state index in [4.69, 9.17) is 9.47 Å². The van der Waals surface area contributed by atoms with Gasteiger partial charge in [0, 0.05) is 6.54 Å². The molecule has 1 aliphatic rings. The van der Waals surface area contributed by atoms with Crippen LogP contribution in [0.25, 0.3) is 0 Å². The van der Waals surface area contributed by atoms with E-state index >= 15 is 0 Å². The number of hydrogen-bond acceptors (Lipinski definition) is 5. The number of esters is 1. The molecule has 1 amide bonds. The molecule has 1 aliphatic heterocycles. The fourth-order valence-corrected chi connectivity index (χ4v) is 1.41. The van der Waals surface area contributed by atoms with Gasteiger partial charge in [0.05, 0.1) is 6.10 Å². The Balaban J connectivity index is 2.64. The first-order valence-electron chi connectivity index (χ1n) is 5.55. The minimum absolute atomic E-state index is 0.241. The van der Waals surface area contributed by atoms with Gasteiger partial charge in [-0.2, -0.15) is 0 Å². The Hall–Kier alpha value is -1.14. The van der Waals surface area contributed by atoms with Crippen LogP contribution in [0, 0.1) is 0 Å². The van der Waals surface area contributed by atoms with Crippen LogP contribution in [0.5, 0.6) is 0 Å². The molecular formula is C11H19NO5. The maximum absolute atomic E-state index is 11.6. The fraction of sp³-hybridized carbons (Fsp3) is 0.818. The molecular weight excluding hydrogens is 226 g/mol. The molecule has 17 heavy (non-hydrogen) atoms. The van der Waals surface area contributed by atoms with Crippen molar-refractivity contribution in [1.29, 1.82) is 0 Å². The van der Waals surface area contributed by atoms with Crippen molar-refractivity contribution in [2.24, 2.45) is 0 Å². The van der Waals surface area contributed by atoms with E-state index in [2.05, 4.69) is 5.32 Å². The minimum Gasteiger partial charge on any atom is -0.458 e. The van der Waals surface area contributed by atoms with Crippen LogP contribution in [0.1, 0.15) is 27.7 Å². The number of carbonyl (C=O) groups is 2. The van der Waals surface area contributed by atoms with Gasteiger partial charge in [-0.15, -0.1) is 0 Å². The van der Waals surface area contributed by atoms with E-state index < -0.39 is 29.7 Å². The Labute approximate surface area is 100 Å². The topological polar surface area (TPSA) is 84.9 Å². The maximum Gasteiger partial charge on any atom is 0.338 e. The van der Waals surface area contributed by atoms with Gasteiger partial charge < -0.3 is 19.9 Å². The molecule has 0 radical (unpaired) electrons. The van der Waals surface area contributed by atoms with Gasteiger partial charge in [-0.05, 0) is 27.7 Å². The van der Waals surface area contributed by atoms with E-state index in [0.717, 1.165) is 0 Å². The van der Waals surface area contributed by atoms with Crippen molar-refractivity contribution in [3.05, 3.63) is 0 Å². The molecule has 1 fully saturated rings. The third-order valence-corrected chi connectivity index (χ3v) is 2.14. The zero-order chi connectivity index (χ0) is 13.2. The highest BCUT2D eigenvalue weighted by Crippen LogP contribution is 2.14. The molecule has 0 aromatic carbocycles. The molecule has 0 aliphatic carbocycles. The maximum atomic E-state index is 11.6. The van der Waals surface area contributed by atoms with Crippen LogP contribution in [0.2, 0.25) is 0 Å². The third kappa shape index (κ3) is 3.98. The minimum atomic E-state index is -1.60. The van der Waals surface area contributed by atoms with Gasteiger partial charge in [-0.3, -0.25) is 4.79 Å². The normalized spacial score (nSPS) is 27.2. The number of amides is 1. The third-order valence-electron chi connectivity index (χ3n) is 2.14. The lowest BCUT2D eigenvalue weighted by Crippen LogP contribution is -2.55. The summed E-state index contributed by atoms with van der Waals surface area (Å²) in [6, 6.07) is 0. The zero-order valence-electron chi connectivity index (χ0n) is 10.5. The first-order chi connectivity index (χ1) is 7.70. The quantitative estimate of drug-likeness (QED) is 0.646. The standard InChI is InChI=1S/C11H19NO5/c1-6-5-12-9(14)8(16-6)7(13)10(15)17-11(2,3)4/h6-8,13H,5H2,1-4H3,(H,12,14)/t6-,7?,8-/m1/s1. The summed E-state index contributed by atoms with van der Waals surface area (Å²) in [6.45, 7) is 7.16. The van der Waals surface area contributed by atoms with Crippen molar-refractivity contribution in [2.75, 3.05) is 6.54 Å². The summed E-state index contributed by atoms with van der Waals surface area (Å²) in [5.74, 6) is -1.35. The molecule has 0 aromatic rings. The van der Waals surface area contributed by atoms with Gasteiger partial charge in [-0.25, -0.2) is 4.79 Å². The molecule has 1 saturated heterocycles. The Bertz CT molecular complexity index is 309. The fourth-order valence-electron chi connectivity index (χ4n) is 1.41. The van der Waals surface area contributed by atoms with E-state index in [1.165, 1.54) is 0 Å². The number of ether oxygens (including phenoxy) is 2. The summed E-state index contributed by atoms with van der Waals surface area (Å²) in [4.78, 5) is 23.0. The van der Waals surface area contributed by atoms with Crippen LogP contribution < -0.4 is 5.32 Å². The van der Waals surface area contributed by atoms with Crippen LogP contribution in [-0.2, 0) is 19.1 Å². The lowest BCUT2D eigenvalue weighted by atomic mass is 10.1. The van der Waals surface area contributed by atoms with Gasteiger partial charge in [0.1, 0.15) is 5.60 Å². The molecule has 1 unspecified atom stereocenters. The number of aliphatic hydroxyl groups is 1. The van der Waals surface area contributed by atoms with Gasteiger partial charge in [0.25, 0.3) is 5.91 Å². The van der Waals surface area contributed by atoms with E-state index in [1.807, 2.05) is 0 Å². The number of carbonyl (C=O) groups excluding carboxylic acids is 2. The average molecular weight is 245 g/mol. The van der Waals surface area contributed by atoms with Crippen LogP contribution in [0.15, 0.2) is 0 Å². The van der Waals surface area contributed by atoms with Crippen molar-refractivity contribution in [2.45, 2.75) is 51.6 Å². The predicted octanol–water partition coefficient (Wildman–Crippen LogP) is -0.408. The molecule has 0 saturated carbocycles. The number of aliphatic hydroxyl groups excluding tert-OH is 1. The SMILES string of the molecule is C[C@@H]1CNC(=O)[C@@H](C(O)C(=O)OC(C)(C)C)O1. The second-order valence-electron chi connectivity index (χ2n) is 5.09. The molecule has 6 heteroatoms. The van der Waals surface area contributed by atoms with Crippen molar-refractivity contribution in [3.63, 3.8) is 0 Å². The van der Waals surface area contributed by atoms with E-state index in [-0.39, 0.29) is 6.10 Å². The monoisotopic (exact) mass is 245 g/mol. The number of morpholine rings is 1. The highest BCUT2D eigenvalue weighted by atomic mass is 16.6. The Morgan fingerprint density at radius 2 is 2.18 bits per heavy atom. The smallest absolute Gasteiger partial charge is 0.338 e. The summed E-state index contributed by atoms with van der Waals surface area (Å²) in [7, 11) is 0. The van der Waals surface area contributed by atoms with Crippen LogP contribution >= 0.6 is 0 Å². The van der Waals surface area contributed by atoms with Crippen molar-refractivity contribution < 1.29 is 24.2 Å². The molecule has 6 nitrogen and oxygen atoms in total. The molecule has 0 aromatic heterocycles. The summed E-state index contributed by atoms with van der Waals surface area (Å²) < 4.78 is 10.2. The second-order valence-corrected chi connectivity index (χ2v) is 5.09. The zero-order valence-corrected chi connectivity index (χ0v) is 10.5. The summed E-state index contributed by atoms with van der Waals surface area (Å²) in [5, 5.41) is 12.3. The molecule has 2 N–H and O–H groups in total. The molecule has 0 spiro atoms. The Kier molecular flexibility index (Phi) is 4.11. The second kappa shape index (κ2) is 5.01. The lowest BCUT2D eigenvalue weighted by molar-refractivity contribution is -0.182. The molecule has 1 rings (SSSR count). The van der Waals surface area contributed by atoms with Gasteiger partial charge >= 0.3 is 5.97 Å². The number of nitrogens with one attached hydrogen (secondary N) is 1. The van der Waals surface area contributed by atoms with E-state index in [0.29, 0.717) is 6.54 Å². The van der Waals surface area contributed by atoms with Crippen LogP contribution in [0.4, 0.5) is 0 Å². The first-order valence-corrected chi connectivity index (χ1v) is 5.55. The lowest BCUT2D eigenvalue weighted by Gasteiger charge is -2.31. The summed E-state index contributed by atoms with van der Waals surface area (Å²) >= 11 is 0. The average Bonchev–Trinajstić information content (AvgIpc) is 2.18. The van der Waals surface area contributed by atoms with Gasteiger partial charge in [0.15, 0.2) is 12.2 Å². The highest BCUT2D eigenvalue weighted by Gasteiger charge is 2.39. The first kappa shape index (κ1) is 13.9. The highest BCUT2D eigenvalue weighted by molar-refractivity contribution is 5.89. The predicted molar refractivity (Wildman–Crippen MR) is 59.2 cm³/mol. The van der Waals surface area contributed by atoms with Crippen molar-refractivity contribution in [1.82, 2.24) is 5.32 Å². The molecule has 0 bridgehead atoms. The van der Waals surface area contributed by atoms with Gasteiger partial charge in [-0.1, -0.05) is 0 Å². The van der Waals surface area contributed by atoms with Crippen molar-refractivity contribution >= 4 is 11.9 Å². The Morgan fingerprint density at radius 1 is 1.59 bits per heavy atom. The van der Waals surface area contributed by atoms with E-state index in [1.54, 1.807) is 27.7 Å². The van der Waals surface area contributed by atoms with E-state index in [9.17, 15) is 14.7 Å². The van der Waals surface area contributed by atoms with Gasteiger partial charge in [0.2, 0.25) is 0 Å². The summed E-state index contributed by atoms with van der Waals surface area (Å²) in [5.41, 5.74) is -0.713. The summed E-state index contributed by atoms with van der Waals surface area (Å²) in [6.07, 6.45) is -3.04. The number of rotatable bonds is 2.